The first-order valence-corrected chi connectivity index (χ1v) is 12.2. The Bertz CT molecular complexity index is 992. The van der Waals surface area contributed by atoms with Gasteiger partial charge in [0.25, 0.3) is 5.91 Å². The molecule has 0 fully saturated rings. The molecule has 8 nitrogen and oxygen atoms in total. The summed E-state index contributed by atoms with van der Waals surface area (Å²) in [6.45, 7) is 11.0. The number of anilines is 1. The lowest BCUT2D eigenvalue weighted by Crippen LogP contribution is -2.30. The molecule has 2 aromatic rings. The molecule has 0 atom stereocenters. The highest BCUT2D eigenvalue weighted by Crippen LogP contribution is 2.39. The van der Waals surface area contributed by atoms with Gasteiger partial charge in [0.05, 0.1) is 24.7 Å². The predicted molar refractivity (Wildman–Crippen MR) is 124 cm³/mol. The van der Waals surface area contributed by atoms with E-state index in [2.05, 4.69) is 5.32 Å². The van der Waals surface area contributed by atoms with Gasteiger partial charge in [-0.3, -0.25) is 4.79 Å². The Hall–Kier alpha value is -2.78. The summed E-state index contributed by atoms with van der Waals surface area (Å²) in [5, 5.41) is 2.76. The number of sulfonamides is 1. The molecule has 0 aliphatic carbocycles. The predicted octanol–water partition coefficient (Wildman–Crippen LogP) is 4.17. The maximum absolute atomic E-state index is 13.0. The molecule has 0 radical (unpaired) electrons. The minimum absolute atomic E-state index is 0.121. The van der Waals surface area contributed by atoms with Crippen LogP contribution in [0.2, 0.25) is 0 Å². The van der Waals surface area contributed by atoms with Gasteiger partial charge in [0, 0.05) is 24.3 Å². The number of amides is 1. The van der Waals surface area contributed by atoms with E-state index in [1.54, 1.807) is 38.1 Å². The fraction of sp³-hybridized carbons (Fsp3) is 0.435. The van der Waals surface area contributed by atoms with E-state index in [1.807, 2.05) is 20.8 Å². The molecule has 0 aliphatic heterocycles. The van der Waals surface area contributed by atoms with Gasteiger partial charge >= 0.3 is 0 Å². The van der Waals surface area contributed by atoms with Crippen molar-refractivity contribution < 1.29 is 27.4 Å². The fourth-order valence-corrected chi connectivity index (χ4v) is 4.67. The third kappa shape index (κ3) is 5.92. The summed E-state index contributed by atoms with van der Waals surface area (Å²) in [6.07, 6.45) is 0. The summed E-state index contributed by atoms with van der Waals surface area (Å²) >= 11 is 0. The van der Waals surface area contributed by atoms with Gasteiger partial charge in [-0.25, -0.2) is 8.42 Å². The summed E-state index contributed by atoms with van der Waals surface area (Å²) in [6, 6.07) is 9.38. The molecule has 1 N–H and O–H groups in total. The minimum Gasteiger partial charge on any atom is -0.490 e. The van der Waals surface area contributed by atoms with Crippen molar-refractivity contribution in [2.24, 2.45) is 0 Å². The van der Waals surface area contributed by atoms with E-state index >= 15 is 0 Å². The van der Waals surface area contributed by atoms with Crippen molar-refractivity contribution >= 4 is 21.6 Å². The van der Waals surface area contributed by atoms with Crippen LogP contribution in [-0.2, 0) is 10.0 Å². The SMILES string of the molecule is CCOc1cc(C(=O)Nc2cccc(S(=O)(=O)N(CC)CC)c2)cc(OCC)c1OCC. The first kappa shape index (κ1) is 25.5. The first-order chi connectivity index (χ1) is 15.3. The van der Waals surface area contributed by atoms with Crippen LogP contribution in [0.1, 0.15) is 45.0 Å². The van der Waals surface area contributed by atoms with Crippen molar-refractivity contribution in [3.05, 3.63) is 42.0 Å². The number of hydrogen-bond acceptors (Lipinski definition) is 6. The topological polar surface area (TPSA) is 94.2 Å². The van der Waals surface area contributed by atoms with Crippen LogP contribution in [0.5, 0.6) is 17.2 Å². The van der Waals surface area contributed by atoms with E-state index in [0.29, 0.717) is 61.4 Å². The van der Waals surface area contributed by atoms with Crippen molar-refractivity contribution in [1.29, 1.82) is 0 Å². The first-order valence-electron chi connectivity index (χ1n) is 10.8. The quantitative estimate of drug-likeness (QED) is 0.507. The number of nitrogens with zero attached hydrogens (tertiary/aromatic N) is 1. The Balaban J connectivity index is 2.38. The van der Waals surface area contributed by atoms with Crippen LogP contribution in [0.3, 0.4) is 0 Å². The van der Waals surface area contributed by atoms with E-state index in [-0.39, 0.29) is 4.90 Å². The van der Waals surface area contributed by atoms with Gasteiger partial charge in [-0.2, -0.15) is 4.31 Å². The summed E-state index contributed by atoms with van der Waals surface area (Å²) in [4.78, 5) is 13.1. The lowest BCUT2D eigenvalue weighted by atomic mass is 10.1. The van der Waals surface area contributed by atoms with E-state index in [9.17, 15) is 13.2 Å². The smallest absolute Gasteiger partial charge is 0.255 e. The highest BCUT2D eigenvalue weighted by atomic mass is 32.2. The zero-order valence-electron chi connectivity index (χ0n) is 19.3. The Labute approximate surface area is 190 Å². The lowest BCUT2D eigenvalue weighted by molar-refractivity contribution is 0.102. The van der Waals surface area contributed by atoms with Crippen LogP contribution >= 0.6 is 0 Å². The summed E-state index contributed by atoms with van der Waals surface area (Å²) in [7, 11) is -3.64. The molecule has 0 saturated heterocycles. The second-order valence-corrected chi connectivity index (χ2v) is 8.61. The monoisotopic (exact) mass is 464 g/mol. The molecule has 0 unspecified atom stereocenters. The molecule has 0 saturated carbocycles. The number of carbonyl (C=O) groups excluding carboxylic acids is 1. The average Bonchev–Trinajstić information content (AvgIpc) is 2.77. The number of rotatable bonds is 12. The van der Waals surface area contributed by atoms with Gasteiger partial charge in [0.15, 0.2) is 11.5 Å². The maximum atomic E-state index is 13.0. The molecule has 0 spiro atoms. The van der Waals surface area contributed by atoms with E-state index in [1.165, 1.54) is 16.4 Å². The lowest BCUT2D eigenvalue weighted by Gasteiger charge is -2.19. The molecule has 1 amide bonds. The second kappa shape index (κ2) is 11.7. The maximum Gasteiger partial charge on any atom is 0.255 e. The molecule has 0 aromatic heterocycles. The largest absolute Gasteiger partial charge is 0.490 e. The Kier molecular flexibility index (Phi) is 9.34. The average molecular weight is 465 g/mol. The van der Waals surface area contributed by atoms with Crippen LogP contribution in [0.15, 0.2) is 41.3 Å². The fourth-order valence-electron chi connectivity index (χ4n) is 3.17. The normalized spacial score (nSPS) is 11.3. The number of carbonyl (C=O) groups is 1. The van der Waals surface area contributed by atoms with E-state index < -0.39 is 15.9 Å². The zero-order chi connectivity index (χ0) is 23.7. The Morgan fingerprint density at radius 2 is 1.44 bits per heavy atom. The standard InChI is InChI=1S/C23H32N2O6S/c1-6-25(7-2)32(27,28)19-13-11-12-18(16-19)24-23(26)17-14-20(29-8-3)22(31-10-5)21(15-17)30-9-4/h11-16H,6-10H2,1-5H3,(H,24,26). The van der Waals surface area contributed by atoms with Gasteiger partial charge in [0.1, 0.15) is 0 Å². The van der Waals surface area contributed by atoms with Crippen LogP contribution < -0.4 is 19.5 Å². The summed E-state index contributed by atoms with van der Waals surface area (Å²) < 4.78 is 44.0. The second-order valence-electron chi connectivity index (χ2n) is 6.67. The molecular formula is C23H32N2O6S. The van der Waals surface area contributed by atoms with Crippen molar-refractivity contribution in [3.8, 4) is 17.2 Å². The van der Waals surface area contributed by atoms with Crippen molar-refractivity contribution in [2.45, 2.75) is 39.5 Å². The van der Waals surface area contributed by atoms with Crippen LogP contribution in [0.25, 0.3) is 0 Å². The summed E-state index contributed by atoms with van der Waals surface area (Å²) in [5.74, 6) is 0.832. The summed E-state index contributed by atoms with van der Waals surface area (Å²) in [5.41, 5.74) is 0.672. The molecule has 9 heteroatoms. The highest BCUT2D eigenvalue weighted by Gasteiger charge is 2.23. The van der Waals surface area contributed by atoms with Gasteiger partial charge in [-0.05, 0) is 51.1 Å². The number of nitrogens with one attached hydrogen (secondary N) is 1. The number of hydrogen-bond donors (Lipinski definition) is 1. The third-order valence-corrected chi connectivity index (χ3v) is 6.65. The van der Waals surface area contributed by atoms with Crippen LogP contribution in [-0.4, -0.2) is 51.5 Å². The van der Waals surface area contributed by atoms with E-state index in [4.69, 9.17) is 14.2 Å². The zero-order valence-corrected chi connectivity index (χ0v) is 20.1. The van der Waals surface area contributed by atoms with Crippen LogP contribution in [0.4, 0.5) is 5.69 Å². The Morgan fingerprint density at radius 3 is 1.94 bits per heavy atom. The minimum atomic E-state index is -3.64. The van der Waals surface area contributed by atoms with Crippen LogP contribution in [0, 0.1) is 0 Å². The molecule has 0 aliphatic rings. The molecule has 0 heterocycles. The highest BCUT2D eigenvalue weighted by molar-refractivity contribution is 7.89. The van der Waals surface area contributed by atoms with Gasteiger partial charge in [-0.15, -0.1) is 0 Å². The molecular weight excluding hydrogens is 432 g/mol. The van der Waals surface area contributed by atoms with Gasteiger partial charge in [0.2, 0.25) is 15.8 Å². The van der Waals surface area contributed by atoms with Gasteiger partial charge < -0.3 is 19.5 Å². The van der Waals surface area contributed by atoms with Crippen molar-refractivity contribution in [2.75, 3.05) is 38.2 Å². The van der Waals surface area contributed by atoms with Crippen molar-refractivity contribution in [3.63, 3.8) is 0 Å². The molecule has 2 rings (SSSR count). The molecule has 0 bridgehead atoms. The molecule has 32 heavy (non-hydrogen) atoms. The van der Waals surface area contributed by atoms with E-state index in [0.717, 1.165) is 0 Å². The third-order valence-electron chi connectivity index (χ3n) is 4.61. The van der Waals surface area contributed by atoms with Crippen molar-refractivity contribution in [1.82, 2.24) is 4.31 Å². The Morgan fingerprint density at radius 1 is 0.875 bits per heavy atom. The number of ether oxygens (including phenoxy) is 3. The molecule has 2 aromatic carbocycles. The molecule has 176 valence electrons. The number of benzene rings is 2. The van der Waals surface area contributed by atoms with Gasteiger partial charge in [-0.1, -0.05) is 19.9 Å².